The molecule has 1 aromatic heterocycles. The first kappa shape index (κ1) is 11.5. The minimum absolute atomic E-state index is 0.186. The van der Waals surface area contributed by atoms with Gasteiger partial charge in [0.05, 0.1) is 0 Å². The molecule has 0 spiro atoms. The zero-order valence-electron chi connectivity index (χ0n) is 8.96. The monoisotopic (exact) mass is 246 g/mol. The van der Waals surface area contributed by atoms with Gasteiger partial charge in [-0.05, 0) is 12.8 Å². The molecule has 1 fully saturated rings. The Hall–Kier alpha value is -0.990. The van der Waals surface area contributed by atoms with Crippen LogP contribution in [0.5, 0.6) is 0 Å². The summed E-state index contributed by atoms with van der Waals surface area (Å²) in [6.45, 7) is 1.34. The van der Waals surface area contributed by atoms with E-state index >= 15 is 0 Å². The molecular formula is C8H14N4O3S. The first-order chi connectivity index (χ1) is 7.50. The second-order valence-corrected chi connectivity index (χ2v) is 5.29. The van der Waals surface area contributed by atoms with Crippen LogP contribution < -0.4 is 5.14 Å². The topological polar surface area (TPSA) is 100 Å². The van der Waals surface area contributed by atoms with Crippen LogP contribution in [-0.4, -0.2) is 36.4 Å². The van der Waals surface area contributed by atoms with Crippen LogP contribution in [0.3, 0.4) is 0 Å². The number of hydrogen-bond donors (Lipinski definition) is 1. The maximum Gasteiger partial charge on any atom is 0.273 e. The third kappa shape index (κ3) is 2.08. The van der Waals surface area contributed by atoms with Gasteiger partial charge in [0, 0.05) is 26.2 Å². The molecule has 2 N–H and O–H groups in total. The smallest absolute Gasteiger partial charge is 0.273 e. The molecular weight excluding hydrogens is 232 g/mol. The highest BCUT2D eigenvalue weighted by molar-refractivity contribution is 7.89. The molecule has 1 aliphatic heterocycles. The summed E-state index contributed by atoms with van der Waals surface area (Å²) >= 11 is 0. The SMILES string of the molecule is Cn1c(C2CCOCC2)nnc1S(N)(=O)=O. The van der Waals surface area contributed by atoms with E-state index in [2.05, 4.69) is 10.2 Å². The van der Waals surface area contributed by atoms with Crippen molar-refractivity contribution in [3.8, 4) is 0 Å². The zero-order chi connectivity index (χ0) is 11.8. The number of ether oxygens (including phenoxy) is 1. The third-order valence-electron chi connectivity index (χ3n) is 2.71. The molecule has 1 aliphatic rings. The van der Waals surface area contributed by atoms with Crippen LogP contribution in [0.1, 0.15) is 24.6 Å². The van der Waals surface area contributed by atoms with Gasteiger partial charge in [-0.1, -0.05) is 0 Å². The Morgan fingerprint density at radius 1 is 1.38 bits per heavy atom. The van der Waals surface area contributed by atoms with Crippen molar-refractivity contribution in [3.63, 3.8) is 0 Å². The molecule has 0 bridgehead atoms. The fourth-order valence-corrected chi connectivity index (χ4v) is 2.52. The molecule has 2 rings (SSSR count). The number of sulfonamides is 1. The van der Waals surface area contributed by atoms with Crippen molar-refractivity contribution < 1.29 is 13.2 Å². The van der Waals surface area contributed by atoms with Crippen molar-refractivity contribution in [1.82, 2.24) is 14.8 Å². The summed E-state index contributed by atoms with van der Waals surface area (Å²) in [6.07, 6.45) is 1.66. The van der Waals surface area contributed by atoms with Crippen molar-refractivity contribution in [3.05, 3.63) is 5.82 Å². The van der Waals surface area contributed by atoms with Crippen molar-refractivity contribution in [1.29, 1.82) is 0 Å². The number of hydrogen-bond acceptors (Lipinski definition) is 5. The maximum absolute atomic E-state index is 11.2. The summed E-state index contributed by atoms with van der Waals surface area (Å²) < 4.78 is 29.0. The molecule has 16 heavy (non-hydrogen) atoms. The first-order valence-electron chi connectivity index (χ1n) is 5.00. The van der Waals surface area contributed by atoms with E-state index in [1.165, 1.54) is 4.57 Å². The summed E-state index contributed by atoms with van der Waals surface area (Å²) in [6, 6.07) is 0. The van der Waals surface area contributed by atoms with Gasteiger partial charge in [0.2, 0.25) is 0 Å². The van der Waals surface area contributed by atoms with E-state index in [1.54, 1.807) is 7.05 Å². The minimum Gasteiger partial charge on any atom is -0.381 e. The second-order valence-electron chi connectivity index (χ2n) is 3.83. The fraction of sp³-hybridized carbons (Fsp3) is 0.750. The first-order valence-corrected chi connectivity index (χ1v) is 6.54. The van der Waals surface area contributed by atoms with Crippen LogP contribution in [0.2, 0.25) is 0 Å². The van der Waals surface area contributed by atoms with Crippen molar-refractivity contribution in [2.45, 2.75) is 23.9 Å². The van der Waals surface area contributed by atoms with E-state index in [4.69, 9.17) is 9.88 Å². The molecule has 0 saturated carbocycles. The molecule has 2 heterocycles. The second kappa shape index (κ2) is 4.11. The molecule has 1 saturated heterocycles. The lowest BCUT2D eigenvalue weighted by Crippen LogP contribution is -2.20. The lowest BCUT2D eigenvalue weighted by molar-refractivity contribution is 0.0828. The highest BCUT2D eigenvalue weighted by Crippen LogP contribution is 2.25. The van der Waals surface area contributed by atoms with Gasteiger partial charge in [-0.2, -0.15) is 0 Å². The lowest BCUT2D eigenvalue weighted by atomic mass is 10.00. The van der Waals surface area contributed by atoms with Gasteiger partial charge in [0.25, 0.3) is 15.2 Å². The third-order valence-corrected chi connectivity index (χ3v) is 3.57. The quantitative estimate of drug-likeness (QED) is 0.747. The number of primary sulfonamides is 1. The summed E-state index contributed by atoms with van der Waals surface area (Å²) in [7, 11) is -2.18. The molecule has 90 valence electrons. The molecule has 1 aromatic rings. The van der Waals surface area contributed by atoms with Gasteiger partial charge < -0.3 is 9.30 Å². The summed E-state index contributed by atoms with van der Waals surface area (Å²) in [4.78, 5) is 0. The normalized spacial score (nSPS) is 18.9. The van der Waals surface area contributed by atoms with Crippen molar-refractivity contribution >= 4 is 10.0 Å². The number of nitrogens with two attached hydrogens (primary N) is 1. The van der Waals surface area contributed by atoms with Gasteiger partial charge in [-0.25, -0.2) is 13.6 Å². The Morgan fingerprint density at radius 2 is 2.00 bits per heavy atom. The van der Waals surface area contributed by atoms with E-state index in [1.807, 2.05) is 0 Å². The largest absolute Gasteiger partial charge is 0.381 e. The maximum atomic E-state index is 11.2. The summed E-state index contributed by atoms with van der Waals surface area (Å²) in [5.74, 6) is 0.856. The van der Waals surface area contributed by atoms with E-state index in [0.29, 0.717) is 19.0 Å². The van der Waals surface area contributed by atoms with E-state index in [0.717, 1.165) is 12.8 Å². The number of nitrogens with zero attached hydrogens (tertiary/aromatic N) is 3. The molecule has 8 heteroatoms. The van der Waals surface area contributed by atoms with Crippen LogP contribution in [0.25, 0.3) is 0 Å². The lowest BCUT2D eigenvalue weighted by Gasteiger charge is -2.20. The van der Waals surface area contributed by atoms with Crippen LogP contribution >= 0.6 is 0 Å². The van der Waals surface area contributed by atoms with E-state index < -0.39 is 10.0 Å². The Balaban J connectivity index is 2.33. The molecule has 7 nitrogen and oxygen atoms in total. The fourth-order valence-electron chi connectivity index (χ4n) is 1.89. The van der Waals surface area contributed by atoms with Gasteiger partial charge in [-0.15, -0.1) is 10.2 Å². The van der Waals surface area contributed by atoms with Crippen LogP contribution in [0, 0.1) is 0 Å². The van der Waals surface area contributed by atoms with E-state index in [-0.39, 0.29) is 11.1 Å². The molecule has 0 amide bonds. The average molecular weight is 246 g/mol. The number of rotatable bonds is 2. The Bertz CT molecular complexity index is 475. The highest BCUT2D eigenvalue weighted by atomic mass is 32.2. The minimum atomic E-state index is -3.79. The number of aromatic nitrogens is 3. The summed E-state index contributed by atoms with van der Waals surface area (Å²) in [5, 5.41) is 12.4. The van der Waals surface area contributed by atoms with Crippen molar-refractivity contribution in [2.24, 2.45) is 12.2 Å². The Labute approximate surface area is 93.7 Å². The van der Waals surface area contributed by atoms with Gasteiger partial charge >= 0.3 is 0 Å². The predicted octanol–water partition coefficient (Wildman–Crippen LogP) is -0.643. The molecule has 0 atom stereocenters. The van der Waals surface area contributed by atoms with Crippen LogP contribution in [-0.2, 0) is 21.8 Å². The van der Waals surface area contributed by atoms with Crippen molar-refractivity contribution in [2.75, 3.05) is 13.2 Å². The van der Waals surface area contributed by atoms with Gasteiger partial charge in [-0.3, -0.25) is 0 Å². The van der Waals surface area contributed by atoms with Gasteiger partial charge in [0.1, 0.15) is 5.82 Å². The standard InChI is InChI=1S/C8H14N4O3S/c1-12-7(6-2-4-15-5-3-6)10-11-8(12)16(9,13)14/h6H,2-5H2,1H3,(H2,9,13,14). The predicted molar refractivity (Wildman–Crippen MR) is 55.2 cm³/mol. The summed E-state index contributed by atoms with van der Waals surface area (Å²) in [5.41, 5.74) is 0. The van der Waals surface area contributed by atoms with E-state index in [9.17, 15) is 8.42 Å². The Morgan fingerprint density at radius 3 is 2.50 bits per heavy atom. The van der Waals surface area contributed by atoms with Gasteiger partial charge in [0.15, 0.2) is 0 Å². The zero-order valence-corrected chi connectivity index (χ0v) is 9.77. The Kier molecular flexibility index (Phi) is 2.96. The van der Waals surface area contributed by atoms with Crippen LogP contribution in [0.4, 0.5) is 0 Å². The highest BCUT2D eigenvalue weighted by Gasteiger charge is 2.25. The van der Waals surface area contributed by atoms with Crippen LogP contribution in [0.15, 0.2) is 5.16 Å². The molecule has 0 aromatic carbocycles. The average Bonchev–Trinajstić information content (AvgIpc) is 2.61. The molecule has 0 radical (unpaired) electrons. The molecule has 0 unspecified atom stereocenters. The molecule has 0 aliphatic carbocycles.